The number of carbonyl (C=O) groups is 1. The summed E-state index contributed by atoms with van der Waals surface area (Å²) in [7, 11) is 2.00. The largest absolute Gasteiger partial charge is 0.485 e. The van der Waals surface area contributed by atoms with E-state index in [1.165, 1.54) is 5.56 Å². The number of aromatic nitrogens is 3. The molecule has 3 aliphatic rings. The molecule has 6 rings (SSSR count). The molecule has 1 atom stereocenters. The minimum absolute atomic E-state index is 0.0406. The van der Waals surface area contributed by atoms with Gasteiger partial charge in [-0.15, -0.1) is 0 Å². The van der Waals surface area contributed by atoms with Crippen LogP contribution in [0, 0.1) is 0 Å². The van der Waals surface area contributed by atoms with Gasteiger partial charge < -0.3 is 24.5 Å². The van der Waals surface area contributed by atoms with Gasteiger partial charge in [-0.1, -0.05) is 0 Å². The zero-order valence-electron chi connectivity index (χ0n) is 18.8. The van der Waals surface area contributed by atoms with Crippen molar-refractivity contribution in [1.82, 2.24) is 14.5 Å². The van der Waals surface area contributed by atoms with Crippen molar-refractivity contribution in [3.05, 3.63) is 41.5 Å². The van der Waals surface area contributed by atoms with Crippen LogP contribution in [0.2, 0.25) is 0 Å². The number of ether oxygens (including phenoxy) is 3. The van der Waals surface area contributed by atoms with Gasteiger partial charge in [0, 0.05) is 47.8 Å². The van der Waals surface area contributed by atoms with Crippen molar-refractivity contribution < 1.29 is 19.0 Å². The lowest BCUT2D eigenvalue weighted by atomic mass is 9.72. The van der Waals surface area contributed by atoms with Crippen LogP contribution in [0.25, 0.3) is 22.2 Å². The Morgan fingerprint density at radius 2 is 2.18 bits per heavy atom. The maximum atomic E-state index is 11.5. The summed E-state index contributed by atoms with van der Waals surface area (Å²) in [5.41, 5.74) is 11.2. The van der Waals surface area contributed by atoms with E-state index in [1.807, 2.05) is 17.7 Å². The SMILES string of the molecule is Cn1cc(-c2cc(OC3COC3)c3c(n2)C2(CCC3)CCOC2)c2cc(CC(N)=O)ncc21. The standard InChI is InChI=1S/C25H28N4O4/c1-29-11-19(18-7-15(8-23(26)30)27-10-21(18)29)20-9-22(33-16-12-32-13-16)17-3-2-4-25(24(17)28-20)5-6-31-14-25/h7,9-11,16H,2-6,8,12-14H2,1H3,(H2,26,30). The van der Waals surface area contributed by atoms with Crippen molar-refractivity contribution in [2.24, 2.45) is 12.8 Å². The van der Waals surface area contributed by atoms with Crippen molar-refractivity contribution in [3.63, 3.8) is 0 Å². The number of hydrogen-bond acceptors (Lipinski definition) is 6. The van der Waals surface area contributed by atoms with Crippen LogP contribution < -0.4 is 10.5 Å². The van der Waals surface area contributed by atoms with E-state index in [1.54, 1.807) is 6.20 Å². The molecule has 8 nitrogen and oxygen atoms in total. The first-order valence-electron chi connectivity index (χ1n) is 11.6. The molecule has 0 aromatic carbocycles. The number of carbonyl (C=O) groups excluding carboxylic acids is 1. The van der Waals surface area contributed by atoms with Gasteiger partial charge in [0.2, 0.25) is 5.91 Å². The molecule has 2 N–H and O–H groups in total. The van der Waals surface area contributed by atoms with E-state index >= 15 is 0 Å². The van der Waals surface area contributed by atoms with Gasteiger partial charge in [0.1, 0.15) is 11.9 Å². The quantitative estimate of drug-likeness (QED) is 0.643. The molecule has 0 radical (unpaired) electrons. The monoisotopic (exact) mass is 448 g/mol. The van der Waals surface area contributed by atoms with Gasteiger partial charge in [-0.25, -0.2) is 0 Å². The lowest BCUT2D eigenvalue weighted by molar-refractivity contribution is -0.117. The van der Waals surface area contributed by atoms with Crippen LogP contribution in [0.3, 0.4) is 0 Å². The highest BCUT2D eigenvalue weighted by molar-refractivity contribution is 5.95. The molecule has 1 unspecified atom stereocenters. The molecule has 0 bridgehead atoms. The van der Waals surface area contributed by atoms with E-state index in [0.29, 0.717) is 25.5 Å². The Kier molecular flexibility index (Phi) is 4.88. The zero-order valence-corrected chi connectivity index (χ0v) is 18.8. The summed E-state index contributed by atoms with van der Waals surface area (Å²) in [5, 5.41) is 1.00. The maximum absolute atomic E-state index is 11.5. The highest BCUT2D eigenvalue weighted by Gasteiger charge is 2.43. The van der Waals surface area contributed by atoms with Crippen molar-refractivity contribution in [1.29, 1.82) is 0 Å². The zero-order chi connectivity index (χ0) is 22.6. The summed E-state index contributed by atoms with van der Waals surface area (Å²) in [5.74, 6) is 0.519. The van der Waals surface area contributed by atoms with Gasteiger partial charge in [-0.05, 0) is 31.7 Å². The van der Waals surface area contributed by atoms with Crippen LogP contribution in [0.1, 0.15) is 36.2 Å². The third-order valence-electron chi connectivity index (χ3n) is 7.24. The molecule has 1 amide bonds. The molecule has 33 heavy (non-hydrogen) atoms. The highest BCUT2D eigenvalue weighted by atomic mass is 16.6. The Balaban J connectivity index is 1.53. The first-order chi connectivity index (χ1) is 16.0. The van der Waals surface area contributed by atoms with E-state index < -0.39 is 5.91 Å². The fourth-order valence-electron chi connectivity index (χ4n) is 5.45. The minimum atomic E-state index is -0.396. The molecule has 5 heterocycles. The summed E-state index contributed by atoms with van der Waals surface area (Å²) in [4.78, 5) is 21.2. The van der Waals surface area contributed by atoms with E-state index in [0.717, 1.165) is 65.9 Å². The molecule has 3 aromatic rings. The number of fused-ring (bicyclic) bond motifs is 3. The van der Waals surface area contributed by atoms with Crippen LogP contribution in [0.5, 0.6) is 5.75 Å². The molecule has 8 heteroatoms. The third kappa shape index (κ3) is 3.48. The number of aryl methyl sites for hydroxylation is 1. The number of pyridine rings is 2. The summed E-state index contributed by atoms with van der Waals surface area (Å²) in [6, 6.07) is 4.03. The van der Waals surface area contributed by atoms with Crippen LogP contribution in [0.4, 0.5) is 0 Å². The van der Waals surface area contributed by atoms with Gasteiger partial charge in [0.25, 0.3) is 0 Å². The average molecular weight is 449 g/mol. The van der Waals surface area contributed by atoms with Gasteiger partial charge in [0.15, 0.2) is 0 Å². The lowest BCUT2D eigenvalue weighted by Gasteiger charge is -2.36. The van der Waals surface area contributed by atoms with Crippen LogP contribution in [-0.2, 0) is 39.6 Å². The van der Waals surface area contributed by atoms with Crippen molar-refractivity contribution in [3.8, 4) is 17.0 Å². The number of nitrogens with zero attached hydrogens (tertiary/aromatic N) is 3. The molecular weight excluding hydrogens is 420 g/mol. The fourth-order valence-corrected chi connectivity index (χ4v) is 5.45. The minimum Gasteiger partial charge on any atom is -0.485 e. The van der Waals surface area contributed by atoms with Gasteiger partial charge in [-0.2, -0.15) is 0 Å². The smallest absolute Gasteiger partial charge is 0.223 e. The molecule has 2 aliphatic heterocycles. The second-order valence-electron chi connectivity index (χ2n) is 9.54. The predicted octanol–water partition coefficient (Wildman–Crippen LogP) is 2.44. The number of hydrogen-bond donors (Lipinski definition) is 1. The summed E-state index contributed by atoms with van der Waals surface area (Å²) < 4.78 is 19.7. The molecule has 2 saturated heterocycles. The van der Waals surface area contributed by atoms with E-state index in [4.69, 9.17) is 24.9 Å². The topological polar surface area (TPSA) is 101 Å². The first-order valence-corrected chi connectivity index (χ1v) is 11.6. The number of nitrogens with two attached hydrogens (primary N) is 1. The lowest BCUT2D eigenvalue weighted by Crippen LogP contribution is -2.39. The van der Waals surface area contributed by atoms with Crippen LogP contribution in [0.15, 0.2) is 24.5 Å². The molecule has 3 aromatic heterocycles. The van der Waals surface area contributed by atoms with E-state index in [9.17, 15) is 4.79 Å². The highest BCUT2D eigenvalue weighted by Crippen LogP contribution is 2.46. The third-order valence-corrected chi connectivity index (χ3v) is 7.24. The number of rotatable bonds is 5. The predicted molar refractivity (Wildman–Crippen MR) is 122 cm³/mol. The van der Waals surface area contributed by atoms with Gasteiger partial charge in [-0.3, -0.25) is 14.8 Å². The second-order valence-corrected chi connectivity index (χ2v) is 9.54. The molecule has 172 valence electrons. The Labute approximate surface area is 192 Å². The van der Waals surface area contributed by atoms with Crippen molar-refractivity contribution >= 4 is 16.8 Å². The summed E-state index contributed by atoms with van der Waals surface area (Å²) in [6.07, 6.45) is 8.23. The molecule has 2 fully saturated rings. The Bertz CT molecular complexity index is 1240. The fraction of sp³-hybridized carbons (Fsp3) is 0.480. The Hall–Kier alpha value is -2.97. The number of amides is 1. The Morgan fingerprint density at radius 1 is 1.30 bits per heavy atom. The summed E-state index contributed by atoms with van der Waals surface area (Å²) >= 11 is 0. The van der Waals surface area contributed by atoms with E-state index in [2.05, 4.69) is 17.2 Å². The molecule has 1 spiro atoms. The second kappa shape index (κ2) is 7.81. The molecular formula is C25H28N4O4. The molecule has 0 saturated carbocycles. The van der Waals surface area contributed by atoms with Crippen LogP contribution >= 0.6 is 0 Å². The summed E-state index contributed by atoms with van der Waals surface area (Å²) in [6.45, 7) is 2.73. The maximum Gasteiger partial charge on any atom is 0.223 e. The number of primary amides is 1. The van der Waals surface area contributed by atoms with Gasteiger partial charge >= 0.3 is 0 Å². The first kappa shape index (κ1) is 20.6. The van der Waals surface area contributed by atoms with Crippen molar-refractivity contribution in [2.75, 3.05) is 26.4 Å². The van der Waals surface area contributed by atoms with Gasteiger partial charge in [0.05, 0.1) is 55.0 Å². The average Bonchev–Trinajstić information content (AvgIpc) is 3.36. The van der Waals surface area contributed by atoms with E-state index in [-0.39, 0.29) is 17.9 Å². The van der Waals surface area contributed by atoms with Crippen LogP contribution in [-0.4, -0.2) is 53.0 Å². The van der Waals surface area contributed by atoms with Crippen molar-refractivity contribution in [2.45, 2.75) is 43.6 Å². The normalized spacial score (nSPS) is 22.5. The Morgan fingerprint density at radius 3 is 2.91 bits per heavy atom. The molecule has 1 aliphatic carbocycles.